The quantitative estimate of drug-likeness (QED) is 0.619. The maximum Gasteiger partial charge on any atom is 0.296 e. The summed E-state index contributed by atoms with van der Waals surface area (Å²) in [4.78, 5) is 37.0. The molecule has 0 fully saturated rings. The third kappa shape index (κ3) is 4.11. The molecule has 0 saturated carbocycles. The Bertz CT molecular complexity index is 887. The first kappa shape index (κ1) is 19.7. The Kier molecular flexibility index (Phi) is 5.82. The number of carbonyl (C=O) groups excluding carboxylic acids is 3. The van der Waals surface area contributed by atoms with Gasteiger partial charge in [-0.25, -0.2) is 0 Å². The standard InChI is InChI=1S/C18H21ClN4O3/c1-9(2)20-17(25)12-6-7-13(19)14(8-12)21-18(26)16(24)15-10(3)22-23(5)11(15)4/h6-9H,1-5H3,(H,20,25)(H,21,26). The van der Waals surface area contributed by atoms with Crippen molar-refractivity contribution in [3.63, 3.8) is 0 Å². The molecule has 0 aliphatic heterocycles. The minimum Gasteiger partial charge on any atom is -0.350 e. The van der Waals surface area contributed by atoms with Crippen LogP contribution in [0.1, 0.15) is 46.0 Å². The normalized spacial score (nSPS) is 10.7. The topological polar surface area (TPSA) is 93.1 Å². The molecule has 0 saturated heterocycles. The first-order chi connectivity index (χ1) is 12.1. The van der Waals surface area contributed by atoms with Crippen LogP contribution in [0.2, 0.25) is 5.02 Å². The fraction of sp³-hybridized carbons (Fsp3) is 0.333. The number of rotatable bonds is 5. The van der Waals surface area contributed by atoms with Gasteiger partial charge in [-0.2, -0.15) is 5.10 Å². The molecule has 7 nitrogen and oxygen atoms in total. The fourth-order valence-corrected chi connectivity index (χ4v) is 2.67. The number of carbonyl (C=O) groups is 3. The largest absolute Gasteiger partial charge is 0.350 e. The van der Waals surface area contributed by atoms with Gasteiger partial charge >= 0.3 is 0 Å². The first-order valence-electron chi connectivity index (χ1n) is 8.08. The molecule has 2 aromatic rings. The van der Waals surface area contributed by atoms with Crippen molar-refractivity contribution in [3.8, 4) is 0 Å². The maximum absolute atomic E-state index is 12.5. The Hall–Kier alpha value is -2.67. The maximum atomic E-state index is 12.5. The summed E-state index contributed by atoms with van der Waals surface area (Å²) in [5.41, 5.74) is 1.86. The summed E-state index contributed by atoms with van der Waals surface area (Å²) < 4.78 is 1.54. The minimum absolute atomic E-state index is 0.0330. The van der Waals surface area contributed by atoms with Crippen molar-refractivity contribution >= 4 is 34.9 Å². The van der Waals surface area contributed by atoms with Gasteiger partial charge in [0.15, 0.2) is 0 Å². The van der Waals surface area contributed by atoms with Gasteiger partial charge in [-0.1, -0.05) is 11.6 Å². The number of hydrogen-bond acceptors (Lipinski definition) is 4. The van der Waals surface area contributed by atoms with Gasteiger partial charge in [0.05, 0.1) is 22.0 Å². The molecule has 0 aliphatic carbocycles. The fourth-order valence-electron chi connectivity index (χ4n) is 2.50. The predicted octanol–water partition coefficient (Wildman–Crippen LogP) is 2.65. The van der Waals surface area contributed by atoms with Crippen LogP contribution >= 0.6 is 11.6 Å². The van der Waals surface area contributed by atoms with E-state index in [1.165, 1.54) is 12.1 Å². The summed E-state index contributed by atoms with van der Waals surface area (Å²) in [7, 11) is 1.70. The summed E-state index contributed by atoms with van der Waals surface area (Å²) in [6, 6.07) is 4.45. The van der Waals surface area contributed by atoms with E-state index < -0.39 is 11.7 Å². The van der Waals surface area contributed by atoms with E-state index in [9.17, 15) is 14.4 Å². The number of nitrogens with one attached hydrogen (secondary N) is 2. The average Bonchev–Trinajstić information content (AvgIpc) is 2.80. The zero-order valence-electron chi connectivity index (χ0n) is 15.3. The number of aromatic nitrogens is 2. The van der Waals surface area contributed by atoms with Crippen LogP contribution in [0.4, 0.5) is 5.69 Å². The molecular formula is C18H21ClN4O3. The Morgan fingerprint density at radius 1 is 1.19 bits per heavy atom. The number of Topliss-reactive ketones (excluding diaryl/α,β-unsaturated/α-hetero) is 1. The van der Waals surface area contributed by atoms with E-state index in [1.54, 1.807) is 31.6 Å². The van der Waals surface area contributed by atoms with Gasteiger partial charge in [-0.05, 0) is 45.9 Å². The lowest BCUT2D eigenvalue weighted by molar-refractivity contribution is -0.112. The summed E-state index contributed by atoms with van der Waals surface area (Å²) in [6.45, 7) is 7.06. The molecule has 138 valence electrons. The zero-order chi connectivity index (χ0) is 19.6. The van der Waals surface area contributed by atoms with Crippen LogP contribution in [0, 0.1) is 13.8 Å². The van der Waals surface area contributed by atoms with Crippen molar-refractivity contribution in [2.75, 3.05) is 5.32 Å². The lowest BCUT2D eigenvalue weighted by Gasteiger charge is -2.11. The van der Waals surface area contributed by atoms with Crippen molar-refractivity contribution in [2.24, 2.45) is 7.05 Å². The minimum atomic E-state index is -0.840. The SMILES string of the molecule is Cc1nn(C)c(C)c1C(=O)C(=O)Nc1cc(C(=O)NC(C)C)ccc1Cl. The van der Waals surface area contributed by atoms with Crippen LogP contribution in [0.5, 0.6) is 0 Å². The molecule has 0 radical (unpaired) electrons. The van der Waals surface area contributed by atoms with Crippen molar-refractivity contribution in [1.82, 2.24) is 15.1 Å². The Balaban J connectivity index is 2.26. The van der Waals surface area contributed by atoms with Gasteiger partial charge in [0.25, 0.3) is 17.6 Å². The van der Waals surface area contributed by atoms with Gasteiger partial charge in [0, 0.05) is 24.3 Å². The summed E-state index contributed by atoms with van der Waals surface area (Å²) in [5.74, 6) is -1.84. The summed E-state index contributed by atoms with van der Waals surface area (Å²) in [6.07, 6.45) is 0. The molecule has 0 atom stereocenters. The molecule has 0 spiro atoms. The second-order valence-corrected chi connectivity index (χ2v) is 6.68. The lowest BCUT2D eigenvalue weighted by Crippen LogP contribution is -2.30. The highest BCUT2D eigenvalue weighted by Gasteiger charge is 2.24. The third-order valence-electron chi connectivity index (χ3n) is 3.84. The first-order valence-corrected chi connectivity index (χ1v) is 8.46. The summed E-state index contributed by atoms with van der Waals surface area (Å²) >= 11 is 6.09. The highest BCUT2D eigenvalue weighted by Crippen LogP contribution is 2.24. The number of anilines is 1. The molecule has 1 aromatic carbocycles. The number of aryl methyl sites for hydroxylation is 2. The number of ketones is 1. The molecule has 0 unspecified atom stereocenters. The van der Waals surface area contributed by atoms with Crippen LogP contribution in [0.15, 0.2) is 18.2 Å². The highest BCUT2D eigenvalue weighted by molar-refractivity contribution is 6.47. The van der Waals surface area contributed by atoms with E-state index in [0.717, 1.165) is 0 Å². The molecule has 1 heterocycles. The van der Waals surface area contributed by atoms with Crippen LogP contribution < -0.4 is 10.6 Å². The Morgan fingerprint density at radius 3 is 2.38 bits per heavy atom. The average molecular weight is 377 g/mol. The molecule has 26 heavy (non-hydrogen) atoms. The van der Waals surface area contributed by atoms with E-state index in [2.05, 4.69) is 15.7 Å². The van der Waals surface area contributed by atoms with Gasteiger partial charge in [-0.3, -0.25) is 19.1 Å². The van der Waals surface area contributed by atoms with E-state index in [-0.39, 0.29) is 28.2 Å². The number of hydrogen-bond donors (Lipinski definition) is 2. The molecule has 2 rings (SSSR count). The van der Waals surface area contributed by atoms with Gasteiger partial charge in [0.1, 0.15) is 0 Å². The molecule has 2 amide bonds. The summed E-state index contributed by atoms with van der Waals surface area (Å²) in [5, 5.41) is 9.60. The molecule has 0 bridgehead atoms. The molecule has 8 heteroatoms. The predicted molar refractivity (Wildman–Crippen MR) is 99.7 cm³/mol. The van der Waals surface area contributed by atoms with Gasteiger partial charge in [0.2, 0.25) is 0 Å². The smallest absolute Gasteiger partial charge is 0.296 e. The molecule has 0 aliphatic rings. The highest BCUT2D eigenvalue weighted by atomic mass is 35.5. The molecule has 1 aromatic heterocycles. The number of halogens is 1. The zero-order valence-corrected chi connectivity index (χ0v) is 16.1. The second kappa shape index (κ2) is 7.70. The van der Waals surface area contributed by atoms with E-state index in [4.69, 9.17) is 11.6 Å². The van der Waals surface area contributed by atoms with Crippen LogP contribution in [-0.4, -0.2) is 33.4 Å². The van der Waals surface area contributed by atoms with Crippen LogP contribution in [0.25, 0.3) is 0 Å². The van der Waals surface area contributed by atoms with Gasteiger partial charge < -0.3 is 10.6 Å². The van der Waals surface area contributed by atoms with E-state index >= 15 is 0 Å². The Labute approximate surface area is 156 Å². The van der Waals surface area contributed by atoms with E-state index in [1.807, 2.05) is 13.8 Å². The van der Waals surface area contributed by atoms with Crippen LogP contribution in [0.3, 0.4) is 0 Å². The third-order valence-corrected chi connectivity index (χ3v) is 4.17. The lowest BCUT2D eigenvalue weighted by atomic mass is 10.1. The molecular weight excluding hydrogens is 356 g/mol. The van der Waals surface area contributed by atoms with Gasteiger partial charge in [-0.15, -0.1) is 0 Å². The van der Waals surface area contributed by atoms with Crippen molar-refractivity contribution in [2.45, 2.75) is 33.7 Å². The van der Waals surface area contributed by atoms with E-state index in [0.29, 0.717) is 17.0 Å². The Morgan fingerprint density at radius 2 is 1.85 bits per heavy atom. The number of benzene rings is 1. The van der Waals surface area contributed by atoms with Crippen molar-refractivity contribution in [1.29, 1.82) is 0 Å². The number of nitrogens with zero attached hydrogens (tertiary/aromatic N) is 2. The monoisotopic (exact) mass is 376 g/mol. The number of amides is 2. The van der Waals surface area contributed by atoms with Crippen molar-refractivity contribution < 1.29 is 14.4 Å². The molecule has 2 N–H and O–H groups in total. The van der Waals surface area contributed by atoms with Crippen LogP contribution in [-0.2, 0) is 11.8 Å². The second-order valence-electron chi connectivity index (χ2n) is 6.28. The van der Waals surface area contributed by atoms with Crippen molar-refractivity contribution in [3.05, 3.63) is 45.7 Å².